The molecule has 0 saturated carbocycles. The molecule has 76 valence electrons. The molecule has 2 rings (SSSR count). The SMILES string of the molecule is Cc1ccc(SN2CCNCC2)cn1. The van der Waals surface area contributed by atoms with E-state index in [4.69, 9.17) is 0 Å². The van der Waals surface area contributed by atoms with Gasteiger partial charge in [0.05, 0.1) is 0 Å². The van der Waals surface area contributed by atoms with Gasteiger partial charge in [0.2, 0.25) is 0 Å². The van der Waals surface area contributed by atoms with Gasteiger partial charge in [0.15, 0.2) is 0 Å². The molecule has 0 aliphatic carbocycles. The fourth-order valence-corrected chi connectivity index (χ4v) is 2.28. The van der Waals surface area contributed by atoms with Crippen molar-refractivity contribution in [2.24, 2.45) is 0 Å². The van der Waals surface area contributed by atoms with E-state index in [1.807, 2.05) is 13.1 Å². The minimum Gasteiger partial charge on any atom is -0.314 e. The van der Waals surface area contributed by atoms with Crippen LogP contribution in [0.5, 0.6) is 0 Å². The molecule has 4 heteroatoms. The van der Waals surface area contributed by atoms with Crippen LogP contribution in [0.3, 0.4) is 0 Å². The van der Waals surface area contributed by atoms with Gasteiger partial charge >= 0.3 is 0 Å². The molecule has 0 aromatic carbocycles. The molecule has 0 amide bonds. The summed E-state index contributed by atoms with van der Waals surface area (Å²) in [5.41, 5.74) is 1.08. The lowest BCUT2D eigenvalue weighted by Crippen LogP contribution is -2.39. The van der Waals surface area contributed by atoms with Crippen molar-refractivity contribution in [2.45, 2.75) is 11.8 Å². The van der Waals surface area contributed by atoms with Gasteiger partial charge in [-0.2, -0.15) is 0 Å². The molecule has 0 bridgehead atoms. The van der Waals surface area contributed by atoms with Crippen LogP contribution in [0.1, 0.15) is 5.69 Å². The lowest BCUT2D eigenvalue weighted by molar-refractivity contribution is 0.396. The van der Waals surface area contributed by atoms with Gasteiger partial charge in [0.25, 0.3) is 0 Å². The third-order valence-electron chi connectivity index (χ3n) is 2.19. The molecule has 0 spiro atoms. The highest BCUT2D eigenvalue weighted by molar-refractivity contribution is 7.97. The van der Waals surface area contributed by atoms with E-state index in [1.54, 1.807) is 11.9 Å². The normalized spacial score (nSPS) is 18.4. The Bertz CT molecular complexity index is 280. The van der Waals surface area contributed by atoms with Crippen molar-refractivity contribution in [3.8, 4) is 0 Å². The highest BCUT2D eigenvalue weighted by Crippen LogP contribution is 2.21. The second-order valence-electron chi connectivity index (χ2n) is 3.41. The predicted octanol–water partition coefficient (Wildman–Crippen LogP) is 1.30. The summed E-state index contributed by atoms with van der Waals surface area (Å²) in [7, 11) is 0. The summed E-state index contributed by atoms with van der Waals surface area (Å²) in [4.78, 5) is 5.52. The number of aryl methyl sites for hydroxylation is 1. The summed E-state index contributed by atoms with van der Waals surface area (Å²) in [6, 6.07) is 4.19. The van der Waals surface area contributed by atoms with Crippen molar-refractivity contribution in [1.82, 2.24) is 14.6 Å². The zero-order valence-electron chi connectivity index (χ0n) is 8.36. The van der Waals surface area contributed by atoms with Crippen LogP contribution in [-0.2, 0) is 0 Å². The molecule has 1 aliphatic heterocycles. The molecular formula is C10H15N3S. The van der Waals surface area contributed by atoms with Crippen molar-refractivity contribution in [2.75, 3.05) is 26.2 Å². The average molecular weight is 209 g/mol. The van der Waals surface area contributed by atoms with Crippen LogP contribution < -0.4 is 5.32 Å². The second kappa shape index (κ2) is 4.77. The standard InChI is InChI=1S/C10H15N3S/c1-9-2-3-10(8-12-9)14-13-6-4-11-5-7-13/h2-3,8,11H,4-7H2,1H3. The first-order chi connectivity index (χ1) is 6.84. The van der Waals surface area contributed by atoms with Crippen LogP contribution in [0.4, 0.5) is 0 Å². The van der Waals surface area contributed by atoms with Crippen LogP contribution >= 0.6 is 11.9 Å². The Labute approximate surface area is 89.0 Å². The number of piperazine rings is 1. The van der Waals surface area contributed by atoms with Gasteiger partial charge in [0, 0.05) is 43.0 Å². The highest BCUT2D eigenvalue weighted by Gasteiger charge is 2.10. The Hall–Kier alpha value is -0.580. The fourth-order valence-electron chi connectivity index (χ4n) is 1.39. The Balaban J connectivity index is 1.92. The van der Waals surface area contributed by atoms with E-state index in [-0.39, 0.29) is 0 Å². The summed E-state index contributed by atoms with van der Waals surface area (Å²) < 4.78 is 2.38. The average Bonchev–Trinajstić information content (AvgIpc) is 2.23. The first-order valence-corrected chi connectivity index (χ1v) is 5.68. The first kappa shape index (κ1) is 9.96. The Morgan fingerprint density at radius 1 is 1.36 bits per heavy atom. The van der Waals surface area contributed by atoms with E-state index in [0.717, 1.165) is 31.9 Å². The summed E-state index contributed by atoms with van der Waals surface area (Å²) in [5.74, 6) is 0. The molecule has 1 aromatic rings. The number of hydrogen-bond acceptors (Lipinski definition) is 4. The van der Waals surface area contributed by atoms with Gasteiger partial charge in [-0.3, -0.25) is 4.98 Å². The van der Waals surface area contributed by atoms with E-state index >= 15 is 0 Å². The van der Waals surface area contributed by atoms with Crippen molar-refractivity contribution < 1.29 is 0 Å². The zero-order valence-corrected chi connectivity index (χ0v) is 9.18. The molecule has 1 aliphatic rings. The van der Waals surface area contributed by atoms with Crippen LogP contribution in [0.2, 0.25) is 0 Å². The minimum atomic E-state index is 1.08. The molecule has 1 fully saturated rings. The number of nitrogens with zero attached hydrogens (tertiary/aromatic N) is 2. The van der Waals surface area contributed by atoms with Crippen molar-refractivity contribution >= 4 is 11.9 Å². The molecule has 0 radical (unpaired) electrons. The maximum absolute atomic E-state index is 4.28. The van der Waals surface area contributed by atoms with Crippen LogP contribution in [0.25, 0.3) is 0 Å². The van der Waals surface area contributed by atoms with E-state index in [0.29, 0.717) is 0 Å². The monoisotopic (exact) mass is 209 g/mol. The Kier molecular flexibility index (Phi) is 3.39. The van der Waals surface area contributed by atoms with Gasteiger partial charge in [-0.05, 0) is 31.0 Å². The van der Waals surface area contributed by atoms with E-state index in [1.165, 1.54) is 4.90 Å². The van der Waals surface area contributed by atoms with Gasteiger partial charge in [0.1, 0.15) is 0 Å². The molecule has 2 heterocycles. The number of nitrogens with one attached hydrogen (secondary N) is 1. The van der Waals surface area contributed by atoms with Crippen LogP contribution in [-0.4, -0.2) is 35.5 Å². The molecule has 3 nitrogen and oxygen atoms in total. The summed E-state index contributed by atoms with van der Waals surface area (Å²) in [5, 5.41) is 3.34. The maximum Gasteiger partial charge on any atom is 0.0420 e. The van der Waals surface area contributed by atoms with E-state index < -0.39 is 0 Å². The second-order valence-corrected chi connectivity index (χ2v) is 4.58. The van der Waals surface area contributed by atoms with Crippen molar-refractivity contribution in [1.29, 1.82) is 0 Å². The van der Waals surface area contributed by atoms with Gasteiger partial charge < -0.3 is 5.32 Å². The van der Waals surface area contributed by atoms with Gasteiger partial charge in [-0.25, -0.2) is 4.31 Å². The Morgan fingerprint density at radius 3 is 2.79 bits per heavy atom. The van der Waals surface area contributed by atoms with Crippen LogP contribution in [0.15, 0.2) is 23.2 Å². The number of pyridine rings is 1. The predicted molar refractivity (Wildman–Crippen MR) is 59.3 cm³/mol. The molecule has 0 atom stereocenters. The fraction of sp³-hybridized carbons (Fsp3) is 0.500. The van der Waals surface area contributed by atoms with Crippen molar-refractivity contribution in [3.05, 3.63) is 24.0 Å². The number of aromatic nitrogens is 1. The molecule has 0 unspecified atom stereocenters. The van der Waals surface area contributed by atoms with E-state index in [2.05, 4.69) is 26.7 Å². The maximum atomic E-state index is 4.28. The molecule has 14 heavy (non-hydrogen) atoms. The highest BCUT2D eigenvalue weighted by atomic mass is 32.2. The summed E-state index contributed by atoms with van der Waals surface area (Å²) >= 11 is 1.80. The third-order valence-corrected chi connectivity index (χ3v) is 3.27. The topological polar surface area (TPSA) is 28.2 Å². The number of hydrogen-bond donors (Lipinski definition) is 1. The molecular weight excluding hydrogens is 194 g/mol. The van der Waals surface area contributed by atoms with Gasteiger partial charge in [-0.1, -0.05) is 0 Å². The Morgan fingerprint density at radius 2 is 2.14 bits per heavy atom. The zero-order chi connectivity index (χ0) is 9.80. The molecule has 1 N–H and O–H groups in total. The van der Waals surface area contributed by atoms with Crippen molar-refractivity contribution in [3.63, 3.8) is 0 Å². The molecule has 1 aromatic heterocycles. The quantitative estimate of drug-likeness (QED) is 0.743. The molecule has 1 saturated heterocycles. The largest absolute Gasteiger partial charge is 0.314 e. The minimum absolute atomic E-state index is 1.08. The smallest absolute Gasteiger partial charge is 0.0420 e. The lowest BCUT2D eigenvalue weighted by Gasteiger charge is -2.25. The first-order valence-electron chi connectivity index (χ1n) is 4.91. The van der Waals surface area contributed by atoms with Gasteiger partial charge in [-0.15, -0.1) is 0 Å². The summed E-state index contributed by atoms with van der Waals surface area (Å²) in [6.45, 7) is 6.41. The third kappa shape index (κ3) is 2.70. The lowest BCUT2D eigenvalue weighted by atomic mass is 10.4. The van der Waals surface area contributed by atoms with Crippen LogP contribution in [0, 0.1) is 6.92 Å². The number of rotatable bonds is 2. The van der Waals surface area contributed by atoms with E-state index in [9.17, 15) is 0 Å². The summed E-state index contributed by atoms with van der Waals surface area (Å²) in [6.07, 6.45) is 1.95.